The molecule has 3 N–H and O–H groups in total. The van der Waals surface area contributed by atoms with E-state index in [1.54, 1.807) is 24.6 Å². The van der Waals surface area contributed by atoms with Crippen LogP contribution in [0.5, 0.6) is 5.75 Å². The summed E-state index contributed by atoms with van der Waals surface area (Å²) < 4.78 is 5.88. The molecule has 1 aromatic heterocycles. The molecule has 19 heteroatoms. The molecule has 2 fully saturated rings. The third kappa shape index (κ3) is 7.15. The predicted octanol–water partition coefficient (Wildman–Crippen LogP) is -0.0828. The number of fused-ring (bicyclic) bond motifs is 1. The molecule has 0 saturated carbocycles. The molecule has 4 heterocycles. The molecule has 2 aromatic rings. The summed E-state index contributed by atoms with van der Waals surface area (Å²) in [5, 5.41) is 21.9. The van der Waals surface area contributed by atoms with Gasteiger partial charge in [-0.3, -0.25) is 29.0 Å². The normalized spacial score (nSPS) is 19.4. The Labute approximate surface area is 273 Å². The number of hydrogen-bond donors (Lipinski definition) is 3. The van der Waals surface area contributed by atoms with E-state index in [2.05, 4.69) is 20.8 Å². The Balaban J connectivity index is 1.08. The van der Waals surface area contributed by atoms with Crippen LogP contribution < -0.4 is 15.4 Å². The van der Waals surface area contributed by atoms with E-state index in [-0.39, 0.29) is 31.0 Å². The second-order valence-electron chi connectivity index (χ2n) is 10.0. The zero-order chi connectivity index (χ0) is 33.0. The van der Waals surface area contributed by atoms with E-state index in [9.17, 15) is 38.7 Å². The van der Waals surface area contributed by atoms with E-state index >= 15 is 0 Å². The summed E-state index contributed by atoms with van der Waals surface area (Å²) in [6, 6.07) is 4.25. The molecule has 2 saturated heterocycles. The number of imide groups is 1. The van der Waals surface area contributed by atoms with E-state index in [1.807, 2.05) is 0 Å². The zero-order valence-electron chi connectivity index (χ0n) is 24.2. The number of amides is 6. The fraction of sp³-hybridized carbons (Fsp3) is 0.370. The number of benzene rings is 1. The maximum absolute atomic E-state index is 12.9. The van der Waals surface area contributed by atoms with Crippen molar-refractivity contribution in [3.8, 4) is 5.75 Å². The van der Waals surface area contributed by atoms with Crippen LogP contribution in [-0.4, -0.2) is 121 Å². The molecule has 2 atom stereocenters. The minimum absolute atomic E-state index is 0.00817. The lowest BCUT2D eigenvalue weighted by Gasteiger charge is -2.49. The van der Waals surface area contributed by atoms with Gasteiger partial charge in [-0.2, -0.15) is 0 Å². The summed E-state index contributed by atoms with van der Waals surface area (Å²) in [6.07, 6.45) is -0.0884. The third-order valence-corrected chi connectivity index (χ3v) is 10.4. The quantitative estimate of drug-likeness (QED) is 0.0929. The Morgan fingerprint density at radius 2 is 1.87 bits per heavy atom. The number of β-lactam (4-membered cyclic amide) rings is 1. The Bertz CT molecular complexity index is 1600. The number of esters is 1. The minimum Gasteiger partial charge on any atom is -0.477 e. The maximum atomic E-state index is 12.9. The molecule has 0 spiro atoms. The maximum Gasteiger partial charge on any atom is 0.352 e. The molecule has 3 aliphatic rings. The van der Waals surface area contributed by atoms with Gasteiger partial charge in [-0.1, -0.05) is 35.2 Å². The molecule has 5 rings (SSSR count). The van der Waals surface area contributed by atoms with Gasteiger partial charge in [0.1, 0.15) is 34.9 Å². The summed E-state index contributed by atoms with van der Waals surface area (Å²) in [4.78, 5) is 89.6. The number of piperazine rings is 1. The van der Waals surface area contributed by atoms with Crippen molar-refractivity contribution < 1.29 is 43.4 Å². The molecule has 3 aliphatic heterocycles. The van der Waals surface area contributed by atoms with Crippen LogP contribution in [0.3, 0.4) is 0 Å². The van der Waals surface area contributed by atoms with Crippen LogP contribution in [0.2, 0.25) is 0 Å². The summed E-state index contributed by atoms with van der Waals surface area (Å²) >= 11 is 4.05. The number of urea groups is 1. The number of ether oxygens (including phenoxy) is 1. The van der Waals surface area contributed by atoms with Crippen molar-refractivity contribution in [1.82, 2.24) is 35.5 Å². The molecule has 1 aromatic carbocycles. The van der Waals surface area contributed by atoms with Crippen LogP contribution >= 0.6 is 34.9 Å². The highest BCUT2D eigenvalue weighted by Crippen LogP contribution is 2.41. The lowest BCUT2D eigenvalue weighted by Crippen LogP contribution is -2.70. The fourth-order valence-electron chi connectivity index (χ4n) is 4.83. The van der Waals surface area contributed by atoms with Crippen LogP contribution in [0.25, 0.3) is 0 Å². The van der Waals surface area contributed by atoms with Crippen molar-refractivity contribution in [3.63, 3.8) is 0 Å². The molecule has 242 valence electrons. The highest BCUT2D eigenvalue weighted by Gasteiger charge is 2.54. The highest BCUT2D eigenvalue weighted by molar-refractivity contribution is 8.01. The van der Waals surface area contributed by atoms with Gasteiger partial charge >= 0.3 is 29.8 Å². The summed E-state index contributed by atoms with van der Waals surface area (Å²) in [5.41, 5.74) is 2.66. The Hall–Kier alpha value is -4.49. The zero-order valence-corrected chi connectivity index (χ0v) is 26.6. The second kappa shape index (κ2) is 14.3. The number of carbonyl (C=O) groups is 7. The fourth-order valence-corrected chi connectivity index (χ4v) is 7.81. The second-order valence-corrected chi connectivity index (χ2v) is 13.2. The average Bonchev–Trinajstić information content (AvgIpc) is 3.57. The summed E-state index contributed by atoms with van der Waals surface area (Å²) in [7, 11) is 0. The first-order valence-corrected chi connectivity index (χ1v) is 16.7. The topological polar surface area (TPSA) is 209 Å². The number of thioether (sulfide) groups is 2. The Morgan fingerprint density at radius 1 is 1.11 bits per heavy atom. The van der Waals surface area contributed by atoms with Crippen LogP contribution in [-0.2, 0) is 35.2 Å². The molecule has 0 bridgehead atoms. The molecule has 0 radical (unpaired) electrons. The number of rotatable bonds is 11. The largest absolute Gasteiger partial charge is 0.477 e. The molecule has 0 aliphatic carbocycles. The first kappa shape index (κ1) is 32.9. The van der Waals surface area contributed by atoms with Crippen molar-refractivity contribution in [1.29, 1.82) is 0 Å². The van der Waals surface area contributed by atoms with Gasteiger partial charge in [0.25, 0.3) is 5.91 Å². The van der Waals surface area contributed by atoms with Crippen molar-refractivity contribution in [2.45, 2.75) is 29.1 Å². The van der Waals surface area contributed by atoms with Crippen LogP contribution in [0, 0.1) is 0 Å². The lowest BCUT2D eigenvalue weighted by atomic mass is 10.0. The van der Waals surface area contributed by atoms with E-state index in [0.29, 0.717) is 33.5 Å². The van der Waals surface area contributed by atoms with E-state index in [4.69, 9.17) is 4.74 Å². The Morgan fingerprint density at radius 3 is 2.54 bits per heavy atom. The first-order valence-electron chi connectivity index (χ1n) is 13.8. The van der Waals surface area contributed by atoms with E-state index < -0.39 is 59.6 Å². The van der Waals surface area contributed by atoms with Gasteiger partial charge < -0.3 is 25.4 Å². The van der Waals surface area contributed by atoms with Gasteiger partial charge in [0, 0.05) is 31.1 Å². The third-order valence-electron chi connectivity index (χ3n) is 7.12. The van der Waals surface area contributed by atoms with Gasteiger partial charge in [-0.15, -0.1) is 22.0 Å². The number of aliphatic carboxylic acids is 1. The molecule has 16 nitrogen and oxygen atoms in total. The number of carboxylic acids is 1. The number of likely N-dealkylation sites (N-methyl/N-ethyl adjacent to an activating group) is 1. The monoisotopic (exact) mass is 689 g/mol. The standard InChI is InChI=1S/C27H27N7O9S3/c1-2-32-7-8-33(23(39)22(32)38)26(42)28-10-18(36)43-16-5-3-14(4-6-16)9-17(35)30-19-21(37)34-20(25(40)41)15(11-44-24(19)34)12-45-27-31-29-13-46-27/h3-6,13,19,24H,2,7-12H2,1H3,(H,28,42)(H,30,35)(H,40,41)/t19?,24-/m0/s1. The predicted molar refractivity (Wildman–Crippen MR) is 163 cm³/mol. The smallest absolute Gasteiger partial charge is 0.352 e. The number of aromatic nitrogens is 2. The van der Waals surface area contributed by atoms with Gasteiger partial charge in [0.05, 0.1) is 6.42 Å². The number of nitrogens with zero attached hydrogens (tertiary/aromatic N) is 5. The number of carbonyl (C=O) groups excluding carboxylic acids is 6. The lowest BCUT2D eigenvalue weighted by molar-refractivity contribution is -0.153. The van der Waals surface area contributed by atoms with Crippen molar-refractivity contribution >= 4 is 76.5 Å². The molecule has 46 heavy (non-hydrogen) atoms. The number of hydrogen-bond acceptors (Lipinski definition) is 13. The van der Waals surface area contributed by atoms with Crippen molar-refractivity contribution in [2.75, 3.05) is 37.7 Å². The van der Waals surface area contributed by atoms with Gasteiger partial charge in [-0.25, -0.2) is 14.4 Å². The van der Waals surface area contributed by atoms with Crippen molar-refractivity contribution in [3.05, 3.63) is 46.6 Å². The van der Waals surface area contributed by atoms with Gasteiger partial charge in [-0.05, 0) is 30.2 Å². The van der Waals surface area contributed by atoms with Gasteiger partial charge in [0.2, 0.25) is 5.91 Å². The van der Waals surface area contributed by atoms with Gasteiger partial charge in [0.15, 0.2) is 4.34 Å². The van der Waals surface area contributed by atoms with Crippen LogP contribution in [0.1, 0.15) is 12.5 Å². The molecular weight excluding hydrogens is 663 g/mol. The number of nitrogens with one attached hydrogen (secondary N) is 2. The highest BCUT2D eigenvalue weighted by atomic mass is 32.2. The molecule has 1 unspecified atom stereocenters. The SMILES string of the molecule is CCN1CCN(C(=O)NCC(=O)Oc2ccc(CC(=O)NC3C(=O)N4C(C(=O)O)=C(CSc5nncs5)CS[C@@H]34)cc2)C(=O)C1=O. The molecular formula is C27H27N7O9S3. The summed E-state index contributed by atoms with van der Waals surface area (Å²) in [5.74, 6) is -3.87. The minimum atomic E-state index is -1.21. The van der Waals surface area contributed by atoms with E-state index in [1.165, 1.54) is 56.8 Å². The summed E-state index contributed by atoms with van der Waals surface area (Å²) in [6.45, 7) is 1.72. The van der Waals surface area contributed by atoms with Crippen LogP contribution in [0.15, 0.2) is 45.4 Å². The number of carboxylic acid groups (broad SMARTS) is 1. The van der Waals surface area contributed by atoms with E-state index in [0.717, 1.165) is 4.90 Å². The van der Waals surface area contributed by atoms with Crippen molar-refractivity contribution in [2.24, 2.45) is 0 Å². The average molecular weight is 690 g/mol. The molecule has 6 amide bonds. The first-order chi connectivity index (χ1) is 22.1. The Kier molecular flexibility index (Phi) is 10.2. The van der Waals surface area contributed by atoms with Crippen LogP contribution in [0.4, 0.5) is 4.79 Å².